The Kier molecular flexibility index (Phi) is 5.17. The first-order valence-electron chi connectivity index (χ1n) is 10.0. The van der Waals surface area contributed by atoms with Crippen LogP contribution in [0.1, 0.15) is 43.9 Å². The minimum atomic E-state index is 0.418. The zero-order valence-corrected chi connectivity index (χ0v) is 16.5. The van der Waals surface area contributed by atoms with Crippen molar-refractivity contribution in [2.45, 2.75) is 39.5 Å². The fraction of sp³-hybridized carbons (Fsp3) is 0.435. The van der Waals surface area contributed by atoms with Crippen LogP contribution in [0.5, 0.6) is 5.75 Å². The van der Waals surface area contributed by atoms with Crippen molar-refractivity contribution in [3.8, 4) is 17.0 Å². The second-order valence-corrected chi connectivity index (χ2v) is 7.97. The summed E-state index contributed by atoms with van der Waals surface area (Å²) in [4.78, 5) is 7.97. The number of benzene rings is 1. The molecule has 27 heavy (non-hydrogen) atoms. The second kappa shape index (κ2) is 7.73. The molecule has 0 spiro atoms. The number of pyridine rings is 1. The van der Waals surface area contributed by atoms with E-state index in [1.165, 1.54) is 35.0 Å². The molecule has 2 aromatic heterocycles. The number of hydrogen-bond acceptors (Lipinski definition) is 3. The van der Waals surface area contributed by atoms with Crippen LogP contribution in [0.15, 0.2) is 36.5 Å². The normalized spacial score (nSPS) is 15.6. The molecule has 2 N–H and O–H groups in total. The number of rotatable bonds is 5. The van der Waals surface area contributed by atoms with Gasteiger partial charge in [-0.15, -0.1) is 0 Å². The second-order valence-electron chi connectivity index (χ2n) is 7.97. The Morgan fingerprint density at radius 2 is 1.96 bits per heavy atom. The third-order valence-electron chi connectivity index (χ3n) is 5.52. The first kappa shape index (κ1) is 18.1. The van der Waals surface area contributed by atoms with Crippen LogP contribution >= 0.6 is 0 Å². The topological polar surface area (TPSA) is 49.9 Å². The first-order valence-corrected chi connectivity index (χ1v) is 10.0. The molecule has 3 aromatic rings. The Labute approximate surface area is 161 Å². The summed E-state index contributed by atoms with van der Waals surface area (Å²) in [5.41, 5.74) is 5.94. The predicted octanol–water partition coefficient (Wildman–Crippen LogP) is 5.04. The van der Waals surface area contributed by atoms with Gasteiger partial charge in [-0.2, -0.15) is 0 Å². The van der Waals surface area contributed by atoms with Crippen molar-refractivity contribution in [1.82, 2.24) is 15.3 Å². The molecule has 4 rings (SSSR count). The van der Waals surface area contributed by atoms with Crippen LogP contribution in [-0.4, -0.2) is 29.7 Å². The molecular formula is C23H29N3O. The zero-order valence-electron chi connectivity index (χ0n) is 16.5. The van der Waals surface area contributed by atoms with Gasteiger partial charge in [-0.1, -0.05) is 13.8 Å². The van der Waals surface area contributed by atoms with E-state index in [1.54, 1.807) is 0 Å². The van der Waals surface area contributed by atoms with Crippen LogP contribution in [0.4, 0.5) is 0 Å². The number of ether oxygens (including phenoxy) is 1. The third-order valence-corrected chi connectivity index (χ3v) is 5.52. The largest absolute Gasteiger partial charge is 0.493 e. The van der Waals surface area contributed by atoms with Gasteiger partial charge in [0.2, 0.25) is 0 Å². The lowest BCUT2D eigenvalue weighted by molar-refractivity contribution is 0.215. The third kappa shape index (κ3) is 3.86. The van der Waals surface area contributed by atoms with Gasteiger partial charge in [-0.25, -0.2) is 0 Å². The summed E-state index contributed by atoms with van der Waals surface area (Å²) >= 11 is 0. The van der Waals surface area contributed by atoms with Crippen molar-refractivity contribution in [3.05, 3.63) is 47.8 Å². The Hall–Kier alpha value is -2.33. The maximum atomic E-state index is 6.17. The highest BCUT2D eigenvalue weighted by Gasteiger charge is 2.18. The quantitative estimate of drug-likeness (QED) is 0.668. The van der Waals surface area contributed by atoms with Crippen molar-refractivity contribution in [2.24, 2.45) is 5.92 Å². The number of fused-ring (bicyclic) bond motifs is 1. The summed E-state index contributed by atoms with van der Waals surface area (Å²) in [6.07, 6.45) is 4.29. The van der Waals surface area contributed by atoms with Gasteiger partial charge < -0.3 is 15.0 Å². The first-order chi connectivity index (χ1) is 13.1. The molecule has 4 heteroatoms. The van der Waals surface area contributed by atoms with Gasteiger partial charge in [-0.3, -0.25) is 4.98 Å². The summed E-state index contributed by atoms with van der Waals surface area (Å²) in [6.45, 7) is 9.57. The van der Waals surface area contributed by atoms with Gasteiger partial charge in [0.15, 0.2) is 0 Å². The maximum absolute atomic E-state index is 6.17. The summed E-state index contributed by atoms with van der Waals surface area (Å²) in [5, 5.41) is 4.68. The maximum Gasteiger partial charge on any atom is 0.120 e. The standard InChI is InChI=1S/C23H29N3O/c1-15(2)22-20-13-19(27-14-17-6-9-24-10-7-17)4-5-21(20)26-23(22)18-8-11-25-16(3)12-18/h4-5,8,11-13,15,17,24,26H,6-7,9-10,14H2,1-3H3. The number of aromatic nitrogens is 2. The number of piperidine rings is 1. The van der Waals surface area contributed by atoms with Crippen molar-refractivity contribution in [1.29, 1.82) is 0 Å². The SMILES string of the molecule is Cc1cc(-c2[nH]c3ccc(OCC4CCNCC4)cc3c2C(C)C)ccn1. The molecule has 0 saturated carbocycles. The van der Waals surface area contributed by atoms with Crippen molar-refractivity contribution in [2.75, 3.05) is 19.7 Å². The number of H-pyrrole nitrogens is 1. The smallest absolute Gasteiger partial charge is 0.120 e. The molecule has 0 amide bonds. The van der Waals surface area contributed by atoms with Crippen LogP contribution < -0.4 is 10.1 Å². The highest BCUT2D eigenvalue weighted by molar-refractivity contribution is 5.92. The van der Waals surface area contributed by atoms with Crippen molar-refractivity contribution >= 4 is 10.9 Å². The minimum Gasteiger partial charge on any atom is -0.493 e. The lowest BCUT2D eigenvalue weighted by Gasteiger charge is -2.22. The molecule has 3 heterocycles. The van der Waals surface area contributed by atoms with Crippen LogP contribution in [0, 0.1) is 12.8 Å². The minimum absolute atomic E-state index is 0.418. The molecule has 0 radical (unpaired) electrons. The Morgan fingerprint density at radius 1 is 1.15 bits per heavy atom. The molecule has 1 aliphatic rings. The lowest BCUT2D eigenvalue weighted by atomic mass is 9.96. The van der Waals surface area contributed by atoms with Gasteiger partial charge in [-0.05, 0) is 80.6 Å². The van der Waals surface area contributed by atoms with E-state index in [4.69, 9.17) is 4.74 Å². The summed E-state index contributed by atoms with van der Waals surface area (Å²) < 4.78 is 6.17. The average Bonchev–Trinajstić information content (AvgIpc) is 3.06. The molecule has 1 saturated heterocycles. The van der Waals surface area contributed by atoms with Crippen molar-refractivity contribution in [3.63, 3.8) is 0 Å². The number of hydrogen-bond donors (Lipinski definition) is 2. The van der Waals surface area contributed by atoms with Gasteiger partial charge >= 0.3 is 0 Å². The fourth-order valence-corrected chi connectivity index (χ4v) is 4.07. The summed E-state index contributed by atoms with van der Waals surface area (Å²) in [6, 6.07) is 10.7. The number of nitrogens with zero attached hydrogens (tertiary/aromatic N) is 1. The van der Waals surface area contributed by atoms with E-state index >= 15 is 0 Å². The molecule has 1 aliphatic heterocycles. The van der Waals surface area contributed by atoms with E-state index in [-0.39, 0.29) is 0 Å². The van der Waals surface area contributed by atoms with Crippen molar-refractivity contribution < 1.29 is 4.74 Å². The predicted molar refractivity (Wildman–Crippen MR) is 111 cm³/mol. The monoisotopic (exact) mass is 363 g/mol. The van der Waals surface area contributed by atoms with E-state index < -0.39 is 0 Å². The van der Waals surface area contributed by atoms with E-state index in [1.807, 2.05) is 13.1 Å². The highest BCUT2D eigenvalue weighted by atomic mass is 16.5. The van der Waals surface area contributed by atoms with Gasteiger partial charge in [0, 0.05) is 28.4 Å². The van der Waals surface area contributed by atoms with Gasteiger partial charge in [0.05, 0.1) is 12.3 Å². The Morgan fingerprint density at radius 3 is 2.70 bits per heavy atom. The average molecular weight is 364 g/mol. The van der Waals surface area contributed by atoms with E-state index in [0.29, 0.717) is 11.8 Å². The van der Waals surface area contributed by atoms with Crippen LogP contribution in [0.2, 0.25) is 0 Å². The molecule has 4 nitrogen and oxygen atoms in total. The molecule has 0 unspecified atom stereocenters. The molecule has 1 fully saturated rings. The molecule has 142 valence electrons. The number of aryl methyl sites for hydroxylation is 1. The fourth-order valence-electron chi connectivity index (χ4n) is 4.07. The summed E-state index contributed by atoms with van der Waals surface area (Å²) in [7, 11) is 0. The molecule has 0 bridgehead atoms. The van der Waals surface area contributed by atoms with Crippen LogP contribution in [0.25, 0.3) is 22.2 Å². The van der Waals surface area contributed by atoms with E-state index in [9.17, 15) is 0 Å². The lowest BCUT2D eigenvalue weighted by Crippen LogP contribution is -2.30. The molecule has 0 atom stereocenters. The number of aromatic amines is 1. The van der Waals surface area contributed by atoms with E-state index in [2.05, 4.69) is 59.5 Å². The van der Waals surface area contributed by atoms with Gasteiger partial charge in [0.25, 0.3) is 0 Å². The summed E-state index contributed by atoms with van der Waals surface area (Å²) in [5.74, 6) is 2.05. The number of nitrogens with one attached hydrogen (secondary N) is 2. The Bertz CT molecular complexity index is 923. The van der Waals surface area contributed by atoms with Gasteiger partial charge in [0.1, 0.15) is 5.75 Å². The molecular weight excluding hydrogens is 334 g/mol. The Balaban J connectivity index is 1.66. The van der Waals surface area contributed by atoms with Crippen LogP contribution in [-0.2, 0) is 0 Å². The van der Waals surface area contributed by atoms with E-state index in [0.717, 1.165) is 36.7 Å². The zero-order chi connectivity index (χ0) is 18.8. The molecule has 1 aromatic carbocycles. The van der Waals surface area contributed by atoms with Crippen LogP contribution in [0.3, 0.4) is 0 Å². The molecule has 0 aliphatic carbocycles. The highest BCUT2D eigenvalue weighted by Crippen LogP contribution is 2.37.